The lowest BCUT2D eigenvalue weighted by Gasteiger charge is -2.09. The van der Waals surface area contributed by atoms with Crippen molar-refractivity contribution in [1.82, 2.24) is 0 Å². The lowest BCUT2D eigenvalue weighted by molar-refractivity contribution is -0.145. The van der Waals surface area contributed by atoms with Crippen LogP contribution in [0.5, 0.6) is 0 Å². The number of hydrogen-bond acceptors (Lipinski definition) is 11. The van der Waals surface area contributed by atoms with Crippen LogP contribution in [-0.4, -0.2) is 107 Å². The van der Waals surface area contributed by atoms with Gasteiger partial charge in [-0.3, -0.25) is 8.98 Å². The zero-order valence-electron chi connectivity index (χ0n) is 23.4. The van der Waals surface area contributed by atoms with Crippen LogP contribution in [0.4, 0.5) is 0 Å². The van der Waals surface area contributed by atoms with E-state index in [-0.39, 0.29) is 30.7 Å². The van der Waals surface area contributed by atoms with Gasteiger partial charge < -0.3 is 33.2 Å². The molecule has 11 nitrogen and oxygen atoms in total. The van der Waals surface area contributed by atoms with Gasteiger partial charge in [-0.15, -0.1) is 0 Å². The van der Waals surface area contributed by atoms with Crippen molar-refractivity contribution >= 4 is 16.1 Å². The molecule has 0 aromatic heterocycles. The molecule has 0 spiro atoms. The second-order valence-electron chi connectivity index (χ2n) is 8.44. The minimum absolute atomic E-state index is 0.0595. The third-order valence-electron chi connectivity index (χ3n) is 5.11. The molecule has 0 aliphatic heterocycles. The van der Waals surface area contributed by atoms with Gasteiger partial charge in [-0.25, -0.2) is 0 Å². The fraction of sp³-hybridized carbons (Fsp3) is 0.741. The Bertz CT molecular complexity index is 816. The molecule has 0 N–H and O–H groups in total. The monoisotopic (exact) mass is 578 g/mol. The van der Waals surface area contributed by atoms with Crippen molar-refractivity contribution in [1.29, 1.82) is 0 Å². The summed E-state index contributed by atoms with van der Waals surface area (Å²) in [5, 5.41) is 0. The van der Waals surface area contributed by atoms with Gasteiger partial charge in [0.15, 0.2) is 0 Å². The Morgan fingerprint density at radius 2 is 1.03 bits per heavy atom. The minimum atomic E-state index is -3.77. The van der Waals surface area contributed by atoms with Crippen LogP contribution in [-0.2, 0) is 52.3 Å². The second kappa shape index (κ2) is 24.2. The molecule has 0 saturated heterocycles. The van der Waals surface area contributed by atoms with Crippen molar-refractivity contribution in [3.63, 3.8) is 0 Å². The van der Waals surface area contributed by atoms with Gasteiger partial charge in [0.2, 0.25) is 0 Å². The molecule has 39 heavy (non-hydrogen) atoms. The second-order valence-corrected chi connectivity index (χ2v) is 10.1. The summed E-state index contributed by atoms with van der Waals surface area (Å²) < 4.78 is 66.4. The van der Waals surface area contributed by atoms with Crippen LogP contribution in [0.3, 0.4) is 0 Å². The molecule has 0 bridgehead atoms. The SMILES string of the molecule is CCCCCC(=O)OCCOCCOCCOCCOCCOCCOCCOS(=O)(=O)c1ccc(C)cc1. The largest absolute Gasteiger partial charge is 0.463 e. The highest BCUT2D eigenvalue weighted by molar-refractivity contribution is 7.86. The van der Waals surface area contributed by atoms with E-state index in [1.54, 1.807) is 12.1 Å². The molecule has 1 aromatic rings. The summed E-state index contributed by atoms with van der Waals surface area (Å²) in [5.41, 5.74) is 0.975. The number of hydrogen-bond donors (Lipinski definition) is 0. The summed E-state index contributed by atoms with van der Waals surface area (Å²) >= 11 is 0. The van der Waals surface area contributed by atoms with E-state index in [0.717, 1.165) is 24.8 Å². The normalized spacial score (nSPS) is 11.6. The van der Waals surface area contributed by atoms with Crippen molar-refractivity contribution in [3.05, 3.63) is 29.8 Å². The van der Waals surface area contributed by atoms with E-state index >= 15 is 0 Å². The Hall–Kier alpha value is -1.64. The van der Waals surface area contributed by atoms with Gasteiger partial charge in [-0.05, 0) is 25.5 Å². The molecule has 12 heteroatoms. The van der Waals surface area contributed by atoms with Gasteiger partial charge in [0.25, 0.3) is 10.1 Å². The van der Waals surface area contributed by atoms with E-state index in [2.05, 4.69) is 6.92 Å². The molecule has 0 heterocycles. The Kier molecular flexibility index (Phi) is 21.9. The molecule has 1 rings (SSSR count). The number of ether oxygens (including phenoxy) is 7. The van der Waals surface area contributed by atoms with Crippen LogP contribution in [0.25, 0.3) is 0 Å². The van der Waals surface area contributed by atoms with Crippen LogP contribution in [0, 0.1) is 6.92 Å². The molecule has 0 saturated carbocycles. The lowest BCUT2D eigenvalue weighted by atomic mass is 10.2. The predicted molar refractivity (Wildman–Crippen MR) is 144 cm³/mol. The topological polar surface area (TPSA) is 125 Å². The number of aryl methyl sites for hydroxylation is 1. The summed E-state index contributed by atoms with van der Waals surface area (Å²) in [6.07, 6.45) is 3.46. The zero-order valence-corrected chi connectivity index (χ0v) is 24.3. The quantitative estimate of drug-likeness (QED) is 0.0869. The van der Waals surface area contributed by atoms with E-state index in [0.29, 0.717) is 79.1 Å². The van der Waals surface area contributed by atoms with Crippen LogP contribution < -0.4 is 0 Å². The van der Waals surface area contributed by atoms with E-state index in [1.165, 1.54) is 12.1 Å². The number of esters is 1. The first-order chi connectivity index (χ1) is 19.0. The Morgan fingerprint density at radius 3 is 1.46 bits per heavy atom. The Labute approximate surface area is 233 Å². The molecule has 0 radical (unpaired) electrons. The molecule has 0 atom stereocenters. The van der Waals surface area contributed by atoms with Gasteiger partial charge in [0, 0.05) is 6.42 Å². The first-order valence-electron chi connectivity index (χ1n) is 13.5. The maximum atomic E-state index is 12.0. The number of carbonyl (C=O) groups is 1. The first kappa shape index (κ1) is 35.4. The zero-order chi connectivity index (χ0) is 28.4. The first-order valence-corrected chi connectivity index (χ1v) is 14.9. The number of rotatable bonds is 27. The average Bonchev–Trinajstić information content (AvgIpc) is 2.92. The number of carbonyl (C=O) groups excluding carboxylic acids is 1. The Morgan fingerprint density at radius 1 is 0.615 bits per heavy atom. The van der Waals surface area contributed by atoms with Crippen molar-refractivity contribution in [3.8, 4) is 0 Å². The highest BCUT2D eigenvalue weighted by Gasteiger charge is 2.14. The third-order valence-corrected chi connectivity index (χ3v) is 6.44. The molecule has 0 unspecified atom stereocenters. The van der Waals surface area contributed by atoms with E-state index in [1.807, 2.05) is 6.92 Å². The average molecular weight is 579 g/mol. The van der Waals surface area contributed by atoms with E-state index in [4.69, 9.17) is 37.3 Å². The number of benzene rings is 1. The third kappa shape index (κ3) is 20.9. The smallest absolute Gasteiger partial charge is 0.305 e. The molecule has 0 aliphatic carbocycles. The van der Waals surface area contributed by atoms with Gasteiger partial charge in [-0.2, -0.15) is 8.42 Å². The predicted octanol–water partition coefficient (Wildman–Crippen LogP) is 2.92. The maximum Gasteiger partial charge on any atom is 0.305 e. The summed E-state index contributed by atoms with van der Waals surface area (Å²) in [4.78, 5) is 11.6. The van der Waals surface area contributed by atoms with Crippen LogP contribution >= 0.6 is 0 Å². The summed E-state index contributed by atoms with van der Waals surface area (Å²) in [7, 11) is -3.77. The summed E-state index contributed by atoms with van der Waals surface area (Å²) in [6.45, 7) is 8.97. The molecule has 0 amide bonds. The fourth-order valence-electron chi connectivity index (χ4n) is 2.98. The van der Waals surface area contributed by atoms with Gasteiger partial charge in [0.1, 0.15) is 6.61 Å². The van der Waals surface area contributed by atoms with E-state index in [9.17, 15) is 13.2 Å². The standard InChI is InChI=1S/C27H46O11S/c1-3-4-5-6-27(28)37-23-21-35-19-17-33-15-13-31-11-12-32-14-16-34-18-20-36-22-24-38-39(29,30)26-9-7-25(2)8-10-26/h7-10H,3-6,11-24H2,1-2H3. The molecule has 0 fully saturated rings. The van der Waals surface area contributed by atoms with Crippen LogP contribution in [0.2, 0.25) is 0 Å². The van der Waals surface area contributed by atoms with Crippen LogP contribution in [0.15, 0.2) is 29.2 Å². The fourth-order valence-corrected chi connectivity index (χ4v) is 3.88. The number of unbranched alkanes of at least 4 members (excludes halogenated alkanes) is 2. The van der Waals surface area contributed by atoms with Crippen LogP contribution in [0.1, 0.15) is 38.2 Å². The minimum Gasteiger partial charge on any atom is -0.463 e. The molecular formula is C27H46O11S. The van der Waals surface area contributed by atoms with Gasteiger partial charge >= 0.3 is 5.97 Å². The highest BCUT2D eigenvalue weighted by atomic mass is 32.2. The van der Waals surface area contributed by atoms with Crippen molar-refractivity contribution in [2.24, 2.45) is 0 Å². The van der Waals surface area contributed by atoms with Gasteiger partial charge in [0.05, 0.1) is 90.8 Å². The molecular weight excluding hydrogens is 532 g/mol. The summed E-state index contributed by atoms with van der Waals surface area (Å²) in [5.74, 6) is -0.170. The molecule has 1 aromatic carbocycles. The highest BCUT2D eigenvalue weighted by Crippen LogP contribution is 2.12. The molecule has 226 valence electrons. The van der Waals surface area contributed by atoms with Crippen molar-refractivity contribution < 1.29 is 50.6 Å². The molecule has 0 aliphatic rings. The van der Waals surface area contributed by atoms with E-state index < -0.39 is 10.1 Å². The maximum absolute atomic E-state index is 12.0. The lowest BCUT2D eigenvalue weighted by Crippen LogP contribution is -2.15. The van der Waals surface area contributed by atoms with Crippen molar-refractivity contribution in [2.45, 2.75) is 44.4 Å². The Balaban J connectivity index is 1.75. The summed E-state index contributed by atoms with van der Waals surface area (Å²) in [6, 6.07) is 6.47. The van der Waals surface area contributed by atoms with Gasteiger partial charge in [-0.1, -0.05) is 37.5 Å². The van der Waals surface area contributed by atoms with Crippen molar-refractivity contribution in [2.75, 3.05) is 92.5 Å².